The molecule has 1 aliphatic rings. The van der Waals surface area contributed by atoms with Crippen molar-refractivity contribution in [2.24, 2.45) is 0 Å². The van der Waals surface area contributed by atoms with Crippen molar-refractivity contribution in [2.45, 2.75) is 38.5 Å². The Hall–Kier alpha value is -1.58. The Bertz CT molecular complexity index is 455. The van der Waals surface area contributed by atoms with E-state index in [0.29, 0.717) is 18.5 Å². The largest absolute Gasteiger partial charge is 0.444 e. The zero-order chi connectivity index (χ0) is 14.1. The number of alkyl halides is 1. The zero-order valence-electron chi connectivity index (χ0n) is 11.6. The monoisotopic (exact) mass is 265 g/mol. The number of halogens is 1. The van der Waals surface area contributed by atoms with Gasteiger partial charge in [-0.05, 0) is 26.3 Å². The number of carbonyl (C=O) groups is 1. The van der Waals surface area contributed by atoms with Crippen LogP contribution < -0.4 is 0 Å². The van der Waals surface area contributed by atoms with E-state index in [-0.39, 0.29) is 6.54 Å². The van der Waals surface area contributed by atoms with Crippen LogP contribution in [0.4, 0.5) is 9.18 Å². The van der Waals surface area contributed by atoms with Crippen LogP contribution in [0.2, 0.25) is 0 Å². The van der Waals surface area contributed by atoms with Gasteiger partial charge in [-0.15, -0.1) is 0 Å². The molecule has 1 aromatic carbocycles. The van der Waals surface area contributed by atoms with Gasteiger partial charge in [-0.2, -0.15) is 0 Å². The summed E-state index contributed by atoms with van der Waals surface area (Å²) in [6, 6.07) is 9.00. The molecule has 4 heteroatoms. The Morgan fingerprint density at radius 3 is 2.53 bits per heavy atom. The molecule has 1 aromatic rings. The van der Waals surface area contributed by atoms with E-state index in [1.54, 1.807) is 32.9 Å². The molecule has 1 amide bonds. The van der Waals surface area contributed by atoms with E-state index in [0.717, 1.165) is 0 Å². The molecule has 0 spiro atoms. The summed E-state index contributed by atoms with van der Waals surface area (Å²) in [5.41, 5.74) is -1.38. The van der Waals surface area contributed by atoms with Gasteiger partial charge in [0.05, 0.1) is 6.54 Å². The van der Waals surface area contributed by atoms with E-state index in [1.807, 2.05) is 18.2 Å². The second kappa shape index (κ2) is 4.83. The highest BCUT2D eigenvalue weighted by Crippen LogP contribution is 2.36. The van der Waals surface area contributed by atoms with E-state index in [4.69, 9.17) is 4.74 Å². The van der Waals surface area contributed by atoms with Crippen molar-refractivity contribution in [3.8, 4) is 0 Å². The van der Waals surface area contributed by atoms with Crippen molar-refractivity contribution < 1.29 is 13.9 Å². The van der Waals surface area contributed by atoms with Gasteiger partial charge in [0.2, 0.25) is 0 Å². The fraction of sp³-hybridized carbons (Fsp3) is 0.533. The lowest BCUT2D eigenvalue weighted by molar-refractivity contribution is 0.0257. The third-order valence-electron chi connectivity index (χ3n) is 3.16. The van der Waals surface area contributed by atoms with Gasteiger partial charge in [-0.25, -0.2) is 9.18 Å². The molecule has 2 rings (SSSR count). The van der Waals surface area contributed by atoms with Crippen LogP contribution in [0.5, 0.6) is 0 Å². The molecule has 0 aliphatic carbocycles. The average molecular weight is 265 g/mol. The van der Waals surface area contributed by atoms with Crippen molar-refractivity contribution in [2.75, 3.05) is 13.1 Å². The molecule has 0 aromatic heterocycles. The van der Waals surface area contributed by atoms with Crippen molar-refractivity contribution in [3.05, 3.63) is 35.9 Å². The van der Waals surface area contributed by atoms with Gasteiger partial charge in [0.15, 0.2) is 5.67 Å². The average Bonchev–Trinajstić information content (AvgIpc) is 2.73. The van der Waals surface area contributed by atoms with Crippen LogP contribution in [0.25, 0.3) is 0 Å². The lowest BCUT2D eigenvalue weighted by Gasteiger charge is -2.25. The summed E-state index contributed by atoms with van der Waals surface area (Å²) in [7, 11) is 0. The predicted molar refractivity (Wildman–Crippen MR) is 71.7 cm³/mol. The molecule has 1 saturated heterocycles. The predicted octanol–water partition coefficient (Wildman–Crippen LogP) is 3.49. The van der Waals surface area contributed by atoms with Gasteiger partial charge in [0.1, 0.15) is 5.60 Å². The molecule has 1 unspecified atom stereocenters. The quantitative estimate of drug-likeness (QED) is 0.778. The van der Waals surface area contributed by atoms with Gasteiger partial charge in [-0.3, -0.25) is 0 Å². The molecule has 3 nitrogen and oxygen atoms in total. The highest BCUT2D eigenvalue weighted by Gasteiger charge is 2.42. The maximum atomic E-state index is 14.8. The van der Waals surface area contributed by atoms with E-state index in [1.165, 1.54) is 4.90 Å². The Labute approximate surface area is 113 Å². The maximum Gasteiger partial charge on any atom is 0.410 e. The van der Waals surface area contributed by atoms with Gasteiger partial charge in [-0.1, -0.05) is 30.3 Å². The van der Waals surface area contributed by atoms with Crippen molar-refractivity contribution in [1.29, 1.82) is 0 Å². The molecule has 0 radical (unpaired) electrons. The summed E-state index contributed by atoms with van der Waals surface area (Å²) in [4.78, 5) is 13.4. The Kier molecular flexibility index (Phi) is 3.52. The van der Waals surface area contributed by atoms with Gasteiger partial charge in [0.25, 0.3) is 0 Å². The van der Waals surface area contributed by atoms with Crippen LogP contribution in [-0.4, -0.2) is 29.7 Å². The summed E-state index contributed by atoms with van der Waals surface area (Å²) >= 11 is 0. The number of carbonyl (C=O) groups excluding carboxylic acids is 1. The van der Waals surface area contributed by atoms with Gasteiger partial charge >= 0.3 is 6.09 Å². The standard InChI is InChI=1S/C15H20FNO2/c1-14(2,3)19-13(18)17-10-9-15(16,11-17)12-7-5-4-6-8-12/h4-8H,9-11H2,1-3H3. The van der Waals surface area contributed by atoms with Crippen molar-refractivity contribution in [1.82, 2.24) is 4.90 Å². The Morgan fingerprint density at radius 2 is 1.95 bits per heavy atom. The summed E-state index contributed by atoms with van der Waals surface area (Å²) in [6.07, 6.45) is -0.126. The lowest BCUT2D eigenvalue weighted by atomic mass is 9.95. The Balaban J connectivity index is 2.06. The number of amides is 1. The number of hydrogen-bond acceptors (Lipinski definition) is 2. The second-order valence-corrected chi connectivity index (χ2v) is 5.98. The van der Waals surface area contributed by atoms with Crippen molar-refractivity contribution in [3.63, 3.8) is 0 Å². The molecule has 0 saturated carbocycles. The van der Waals surface area contributed by atoms with Crippen LogP contribution in [0.15, 0.2) is 30.3 Å². The minimum atomic E-state index is -1.46. The fourth-order valence-corrected chi connectivity index (χ4v) is 2.23. The summed E-state index contributed by atoms with van der Waals surface area (Å²) in [5.74, 6) is 0. The minimum absolute atomic E-state index is 0.0614. The zero-order valence-corrected chi connectivity index (χ0v) is 11.6. The second-order valence-electron chi connectivity index (χ2n) is 5.98. The number of ether oxygens (including phenoxy) is 1. The van der Waals surface area contributed by atoms with E-state index >= 15 is 0 Å². The van der Waals surface area contributed by atoms with E-state index < -0.39 is 17.4 Å². The van der Waals surface area contributed by atoms with Crippen molar-refractivity contribution >= 4 is 6.09 Å². The molecular weight excluding hydrogens is 245 g/mol. The topological polar surface area (TPSA) is 29.5 Å². The van der Waals surface area contributed by atoms with Gasteiger partial charge in [0, 0.05) is 13.0 Å². The van der Waals surface area contributed by atoms with Crippen LogP contribution in [0, 0.1) is 0 Å². The molecule has 0 bridgehead atoms. The summed E-state index contributed by atoms with van der Waals surface area (Å²) in [6.45, 7) is 5.87. The van der Waals surface area contributed by atoms with Crippen LogP contribution in [0.3, 0.4) is 0 Å². The molecule has 1 aliphatic heterocycles. The van der Waals surface area contributed by atoms with Crippen LogP contribution >= 0.6 is 0 Å². The SMILES string of the molecule is CC(C)(C)OC(=O)N1CCC(F)(c2ccccc2)C1. The number of likely N-dealkylation sites (tertiary alicyclic amines) is 1. The molecule has 1 fully saturated rings. The third kappa shape index (κ3) is 3.25. The van der Waals surface area contributed by atoms with Gasteiger partial charge < -0.3 is 9.64 Å². The molecule has 104 valence electrons. The number of hydrogen-bond donors (Lipinski definition) is 0. The summed E-state index contributed by atoms with van der Waals surface area (Å²) < 4.78 is 20.1. The summed E-state index contributed by atoms with van der Waals surface area (Å²) in [5, 5.41) is 0. The van der Waals surface area contributed by atoms with Crippen LogP contribution in [0.1, 0.15) is 32.8 Å². The fourth-order valence-electron chi connectivity index (χ4n) is 2.23. The number of nitrogens with zero attached hydrogens (tertiary/aromatic N) is 1. The first-order valence-electron chi connectivity index (χ1n) is 6.53. The third-order valence-corrected chi connectivity index (χ3v) is 3.16. The van der Waals surface area contributed by atoms with Crippen LogP contribution in [-0.2, 0) is 10.4 Å². The smallest absolute Gasteiger partial charge is 0.410 e. The molecule has 19 heavy (non-hydrogen) atoms. The van der Waals surface area contributed by atoms with E-state index in [9.17, 15) is 9.18 Å². The lowest BCUT2D eigenvalue weighted by Crippen LogP contribution is -2.37. The molecular formula is C15H20FNO2. The normalized spacial score (nSPS) is 23.5. The Morgan fingerprint density at radius 1 is 1.32 bits per heavy atom. The minimum Gasteiger partial charge on any atom is -0.444 e. The maximum absolute atomic E-state index is 14.8. The highest BCUT2D eigenvalue weighted by molar-refractivity contribution is 5.68. The first kappa shape index (κ1) is 13.8. The number of benzene rings is 1. The van der Waals surface area contributed by atoms with E-state index in [2.05, 4.69) is 0 Å². The first-order valence-corrected chi connectivity index (χ1v) is 6.53. The molecule has 1 heterocycles. The molecule has 0 N–H and O–H groups in total. The number of rotatable bonds is 1. The first-order chi connectivity index (χ1) is 8.80. The highest BCUT2D eigenvalue weighted by atomic mass is 19.1. The molecule has 1 atom stereocenters.